The predicted octanol–water partition coefficient (Wildman–Crippen LogP) is 4.95. The van der Waals surface area contributed by atoms with Crippen molar-refractivity contribution in [1.29, 1.82) is 0 Å². The molecule has 0 saturated heterocycles. The van der Waals surface area contributed by atoms with Gasteiger partial charge in [0.1, 0.15) is 0 Å². The van der Waals surface area contributed by atoms with Crippen LogP contribution in [0.25, 0.3) is 0 Å². The molecule has 0 aromatic heterocycles. The van der Waals surface area contributed by atoms with Gasteiger partial charge >= 0.3 is 17.6 Å². The molecule has 0 radical (unpaired) electrons. The molecule has 2 atom stereocenters. The molecule has 0 heterocycles. The fraction of sp³-hybridized carbons (Fsp3) is 1.00. The molecule has 190 valence electrons. The highest BCUT2D eigenvalue weighted by molar-refractivity contribution is 9.26. The largest absolute Gasteiger partial charge is 0.515 e. The van der Waals surface area contributed by atoms with E-state index in [4.69, 9.17) is 26.6 Å². The maximum Gasteiger partial charge on any atom is 0.515 e. The Balaban J connectivity index is 0. The van der Waals surface area contributed by atoms with Crippen LogP contribution in [-0.2, 0) is 26.6 Å². The summed E-state index contributed by atoms with van der Waals surface area (Å²) in [5.74, 6) is 0. The monoisotopic (exact) mass is 570 g/mol. The minimum absolute atomic E-state index is 0. The lowest BCUT2D eigenvalue weighted by Gasteiger charge is -2.34. The van der Waals surface area contributed by atoms with E-state index in [-0.39, 0.29) is 20.7 Å². The summed E-state index contributed by atoms with van der Waals surface area (Å²) in [6, 6.07) is 0. The quantitative estimate of drug-likeness (QED) is 0.108. The Morgan fingerprint density at radius 3 is 0.871 bits per heavy atom. The maximum atomic E-state index is 6.10. The Bertz CT molecular complexity index is 348. The summed E-state index contributed by atoms with van der Waals surface area (Å²) < 4.78 is 36.6. The summed E-state index contributed by atoms with van der Waals surface area (Å²) in [7, 11) is 1.62. The van der Waals surface area contributed by atoms with Gasteiger partial charge in [-0.1, -0.05) is 35.4 Å². The highest BCUT2D eigenvalue weighted by Crippen LogP contribution is 2.51. The Hall–Kier alpha value is 1.81. The standard InChI is InChI=1S/C18H42O6S4Si2.H4Si/c1-9-17(29(19-11-3,20-12-4)21-13-5)25-27-28-26-18(10-2)30(22-14-6,23-15-7)24-16-8;/h17-18H,9-16H2,1-8H3;1H4. The molecule has 0 spiro atoms. The summed E-state index contributed by atoms with van der Waals surface area (Å²) in [4.78, 5) is 0.367. The van der Waals surface area contributed by atoms with Crippen LogP contribution in [0.4, 0.5) is 0 Å². The smallest absolute Gasteiger partial charge is 0.373 e. The van der Waals surface area contributed by atoms with E-state index in [1.807, 2.05) is 41.5 Å². The molecule has 0 aromatic carbocycles. The average molecular weight is 571 g/mol. The van der Waals surface area contributed by atoms with Crippen molar-refractivity contribution in [2.24, 2.45) is 0 Å². The van der Waals surface area contributed by atoms with E-state index in [2.05, 4.69) is 13.8 Å². The summed E-state index contributed by atoms with van der Waals surface area (Å²) in [6.07, 6.45) is 1.86. The normalized spacial score (nSPS) is 14.3. The van der Waals surface area contributed by atoms with Gasteiger partial charge in [0, 0.05) is 39.6 Å². The van der Waals surface area contributed by atoms with Gasteiger partial charge in [-0.15, -0.1) is 0 Å². The Labute approximate surface area is 213 Å². The molecule has 0 amide bonds. The van der Waals surface area contributed by atoms with Gasteiger partial charge in [0.05, 0.1) is 9.75 Å². The topological polar surface area (TPSA) is 55.4 Å². The SMILES string of the molecule is CCO[Si](OCC)(OCC)C(CC)SSSSC(CC)[Si](OCC)(OCC)OCC.[SiH4]. The molecule has 0 rings (SSSR count). The average Bonchev–Trinajstić information content (AvgIpc) is 2.71. The fourth-order valence-corrected chi connectivity index (χ4v) is 20.5. The van der Waals surface area contributed by atoms with Gasteiger partial charge in [0.15, 0.2) is 0 Å². The van der Waals surface area contributed by atoms with E-state index in [1.165, 1.54) is 0 Å². The van der Waals surface area contributed by atoms with Crippen LogP contribution in [0.2, 0.25) is 0 Å². The van der Waals surface area contributed by atoms with Gasteiger partial charge in [-0.25, -0.2) is 0 Å². The molecule has 0 aliphatic heterocycles. The number of hydrogen-bond donors (Lipinski definition) is 0. The molecular weight excluding hydrogens is 525 g/mol. The summed E-state index contributed by atoms with van der Waals surface area (Å²) in [5.41, 5.74) is 0. The third kappa shape index (κ3) is 11.9. The molecule has 0 aromatic rings. The van der Waals surface area contributed by atoms with E-state index in [1.54, 1.807) is 41.2 Å². The van der Waals surface area contributed by atoms with Crippen molar-refractivity contribution >= 4 is 69.8 Å². The lowest BCUT2D eigenvalue weighted by atomic mass is 10.6. The lowest BCUT2D eigenvalue weighted by Crippen LogP contribution is -2.55. The van der Waals surface area contributed by atoms with Crippen molar-refractivity contribution in [3.05, 3.63) is 0 Å². The fourth-order valence-electron chi connectivity index (χ4n) is 2.90. The third-order valence-corrected chi connectivity index (χ3v) is 20.7. The molecule has 6 nitrogen and oxygen atoms in total. The summed E-state index contributed by atoms with van der Waals surface area (Å²) in [5, 5.41) is 0. The maximum absolute atomic E-state index is 6.10. The van der Waals surface area contributed by atoms with Gasteiger partial charge in [-0.3, -0.25) is 0 Å². The minimum Gasteiger partial charge on any atom is -0.373 e. The van der Waals surface area contributed by atoms with Gasteiger partial charge in [-0.2, -0.15) is 0 Å². The van der Waals surface area contributed by atoms with Crippen molar-refractivity contribution in [2.45, 2.75) is 78.0 Å². The highest BCUT2D eigenvalue weighted by Gasteiger charge is 2.50. The number of hydrogen-bond acceptors (Lipinski definition) is 10. The zero-order chi connectivity index (χ0) is 22.9. The highest BCUT2D eigenvalue weighted by atomic mass is 33.7. The molecule has 2 unspecified atom stereocenters. The third-order valence-electron chi connectivity index (χ3n) is 3.94. The van der Waals surface area contributed by atoms with Crippen LogP contribution in [-0.4, -0.2) is 78.0 Å². The zero-order valence-electron chi connectivity index (χ0n) is 19.9. The van der Waals surface area contributed by atoms with Crippen molar-refractivity contribution < 1.29 is 26.6 Å². The van der Waals surface area contributed by atoms with Gasteiger partial charge < -0.3 is 26.6 Å². The summed E-state index contributed by atoms with van der Waals surface area (Å²) in [6.45, 7) is 19.9. The van der Waals surface area contributed by atoms with Crippen LogP contribution in [0.1, 0.15) is 68.2 Å². The van der Waals surface area contributed by atoms with Crippen LogP contribution >= 0.6 is 41.2 Å². The van der Waals surface area contributed by atoms with Crippen molar-refractivity contribution in [3.63, 3.8) is 0 Å². The van der Waals surface area contributed by atoms with Gasteiger partial charge in [-0.05, 0) is 85.0 Å². The minimum atomic E-state index is -2.73. The lowest BCUT2D eigenvalue weighted by molar-refractivity contribution is 0.0685. The van der Waals surface area contributed by atoms with Crippen LogP contribution < -0.4 is 0 Å². The van der Waals surface area contributed by atoms with E-state index in [0.717, 1.165) is 12.8 Å². The molecule has 0 N–H and O–H groups in total. The van der Waals surface area contributed by atoms with Gasteiger partial charge in [0.25, 0.3) is 0 Å². The van der Waals surface area contributed by atoms with E-state index >= 15 is 0 Å². The van der Waals surface area contributed by atoms with Crippen molar-refractivity contribution in [3.8, 4) is 0 Å². The predicted molar refractivity (Wildman–Crippen MR) is 151 cm³/mol. The second-order valence-corrected chi connectivity index (χ2v) is 18.5. The molecule has 0 aliphatic rings. The first-order valence-electron chi connectivity index (χ1n) is 11.0. The van der Waals surface area contributed by atoms with Crippen molar-refractivity contribution in [2.75, 3.05) is 39.6 Å². The van der Waals surface area contributed by atoms with E-state index in [9.17, 15) is 0 Å². The van der Waals surface area contributed by atoms with Crippen LogP contribution in [0.5, 0.6) is 0 Å². The molecule has 0 bridgehead atoms. The Morgan fingerprint density at radius 2 is 0.710 bits per heavy atom. The molecule has 0 aliphatic carbocycles. The van der Waals surface area contributed by atoms with Crippen molar-refractivity contribution in [1.82, 2.24) is 0 Å². The first-order chi connectivity index (χ1) is 14.5. The zero-order valence-corrected chi connectivity index (χ0v) is 25.2. The van der Waals surface area contributed by atoms with E-state index in [0.29, 0.717) is 39.6 Å². The molecule has 31 heavy (non-hydrogen) atoms. The second-order valence-electron chi connectivity index (χ2n) is 5.93. The first-order valence-corrected chi connectivity index (χ1v) is 19.5. The molecule has 0 fully saturated rings. The Morgan fingerprint density at radius 1 is 0.484 bits per heavy atom. The van der Waals surface area contributed by atoms with Crippen LogP contribution in [0, 0.1) is 0 Å². The van der Waals surface area contributed by atoms with E-state index < -0.39 is 17.6 Å². The molecule has 0 saturated carbocycles. The van der Waals surface area contributed by atoms with Gasteiger partial charge in [0.2, 0.25) is 0 Å². The number of rotatable bonds is 21. The summed E-state index contributed by atoms with van der Waals surface area (Å²) >= 11 is 0. The van der Waals surface area contributed by atoms with Crippen LogP contribution in [0.3, 0.4) is 0 Å². The first kappa shape index (κ1) is 35.0. The van der Waals surface area contributed by atoms with Crippen LogP contribution in [0.15, 0.2) is 0 Å². The Kier molecular flexibility index (Phi) is 23.8. The second kappa shape index (κ2) is 21.1. The molecular formula is C18H46O6S4Si3. The molecule has 13 heteroatoms.